The van der Waals surface area contributed by atoms with Crippen LogP contribution in [-0.4, -0.2) is 70.1 Å². The molecule has 21 heavy (non-hydrogen) atoms. The summed E-state index contributed by atoms with van der Waals surface area (Å²) >= 11 is 0. The maximum absolute atomic E-state index is 10.1. The second kappa shape index (κ2) is 5.35. The summed E-state index contributed by atoms with van der Waals surface area (Å²) in [4.78, 5) is 10.3. The standard InChI is InChI=1S/C12H19N5O4/c1-16-4-15-11-7(10(16)13)14-5-17(11)12-9(20-2)8(19)6(3-18)21-12/h4-6,8-10,12,18-19H,3,13H2,1-2H3/t6-,8?,9?,10?,12-/m1/s1. The molecule has 116 valence electrons. The van der Waals surface area contributed by atoms with E-state index in [1.54, 1.807) is 22.1 Å². The van der Waals surface area contributed by atoms with Crippen LogP contribution in [0, 0.1) is 0 Å². The first-order chi connectivity index (χ1) is 10.1. The van der Waals surface area contributed by atoms with Crippen LogP contribution >= 0.6 is 0 Å². The van der Waals surface area contributed by atoms with Crippen LogP contribution in [0.5, 0.6) is 0 Å². The summed E-state index contributed by atoms with van der Waals surface area (Å²) in [5.41, 5.74) is 6.67. The lowest BCUT2D eigenvalue weighted by atomic mass is 10.1. The van der Waals surface area contributed by atoms with Crippen molar-refractivity contribution in [2.45, 2.75) is 30.7 Å². The van der Waals surface area contributed by atoms with E-state index < -0.39 is 24.5 Å². The summed E-state index contributed by atoms with van der Waals surface area (Å²) in [5.74, 6) is 0.568. The minimum atomic E-state index is -0.924. The number of rotatable bonds is 3. The van der Waals surface area contributed by atoms with Gasteiger partial charge in [0.05, 0.1) is 19.3 Å². The van der Waals surface area contributed by atoms with Crippen LogP contribution < -0.4 is 5.73 Å². The number of ether oxygens (including phenoxy) is 2. The van der Waals surface area contributed by atoms with Gasteiger partial charge in [0.2, 0.25) is 0 Å². The van der Waals surface area contributed by atoms with Crippen molar-refractivity contribution >= 4 is 12.2 Å². The van der Waals surface area contributed by atoms with Gasteiger partial charge in [-0.05, 0) is 0 Å². The minimum Gasteiger partial charge on any atom is -0.394 e. The molecule has 0 saturated carbocycles. The number of aliphatic imine (C=N–C) groups is 1. The molecular formula is C12H19N5O4. The van der Waals surface area contributed by atoms with E-state index in [0.717, 1.165) is 0 Å². The summed E-state index contributed by atoms with van der Waals surface area (Å²) in [6, 6.07) is 0. The lowest BCUT2D eigenvalue weighted by Gasteiger charge is -2.26. The van der Waals surface area contributed by atoms with Gasteiger partial charge < -0.3 is 30.3 Å². The molecule has 2 aliphatic heterocycles. The van der Waals surface area contributed by atoms with Crippen molar-refractivity contribution in [3.63, 3.8) is 0 Å². The number of aromatic nitrogens is 2. The first-order valence-corrected chi connectivity index (χ1v) is 6.64. The van der Waals surface area contributed by atoms with Gasteiger partial charge in [-0.2, -0.15) is 0 Å². The fourth-order valence-corrected chi connectivity index (χ4v) is 2.66. The highest BCUT2D eigenvalue weighted by molar-refractivity contribution is 5.65. The molecule has 1 fully saturated rings. The maximum atomic E-state index is 10.1. The average molecular weight is 297 g/mol. The number of aliphatic hydroxyl groups is 2. The Hall–Kier alpha value is -1.52. The second-order valence-corrected chi connectivity index (χ2v) is 5.15. The van der Waals surface area contributed by atoms with E-state index in [2.05, 4.69) is 9.98 Å². The molecule has 0 aliphatic carbocycles. The zero-order valence-electron chi connectivity index (χ0n) is 11.8. The quantitative estimate of drug-likeness (QED) is 0.635. The van der Waals surface area contributed by atoms with E-state index in [0.29, 0.717) is 11.5 Å². The lowest BCUT2D eigenvalue weighted by Crippen LogP contribution is -2.35. The number of fused-ring (bicyclic) bond motifs is 1. The van der Waals surface area contributed by atoms with Gasteiger partial charge in [0.1, 0.15) is 30.2 Å². The molecular weight excluding hydrogens is 278 g/mol. The summed E-state index contributed by atoms with van der Waals surface area (Å²) < 4.78 is 12.6. The molecule has 4 N–H and O–H groups in total. The summed E-state index contributed by atoms with van der Waals surface area (Å²) in [6.45, 7) is -0.292. The van der Waals surface area contributed by atoms with Crippen LogP contribution in [0.15, 0.2) is 11.3 Å². The molecule has 3 heterocycles. The maximum Gasteiger partial charge on any atom is 0.166 e. The molecule has 3 unspecified atom stereocenters. The molecule has 3 rings (SSSR count). The first kappa shape index (κ1) is 14.4. The van der Waals surface area contributed by atoms with Gasteiger partial charge in [-0.3, -0.25) is 4.57 Å². The van der Waals surface area contributed by atoms with Crippen molar-refractivity contribution in [2.24, 2.45) is 10.7 Å². The molecule has 0 spiro atoms. The third-order valence-corrected chi connectivity index (χ3v) is 3.92. The van der Waals surface area contributed by atoms with E-state index >= 15 is 0 Å². The monoisotopic (exact) mass is 297 g/mol. The molecule has 0 radical (unpaired) electrons. The highest BCUT2D eigenvalue weighted by Gasteiger charge is 2.46. The highest BCUT2D eigenvalue weighted by atomic mass is 16.6. The van der Waals surface area contributed by atoms with Crippen LogP contribution in [0.3, 0.4) is 0 Å². The molecule has 9 heteroatoms. The van der Waals surface area contributed by atoms with E-state index in [1.165, 1.54) is 7.11 Å². The highest BCUT2D eigenvalue weighted by Crippen LogP contribution is 2.37. The predicted octanol–water partition coefficient (Wildman–Crippen LogP) is -1.29. The predicted molar refractivity (Wildman–Crippen MR) is 72.9 cm³/mol. The Bertz CT molecular complexity index is 548. The zero-order chi connectivity index (χ0) is 15.1. The Morgan fingerprint density at radius 2 is 2.29 bits per heavy atom. The normalized spacial score (nSPS) is 35.3. The first-order valence-electron chi connectivity index (χ1n) is 6.64. The summed E-state index contributed by atoms with van der Waals surface area (Å²) in [5, 5.41) is 19.4. The Labute approximate surface area is 121 Å². The van der Waals surface area contributed by atoms with Crippen LogP contribution in [0.1, 0.15) is 18.1 Å². The summed E-state index contributed by atoms with van der Waals surface area (Å²) in [7, 11) is 3.29. The zero-order valence-corrected chi connectivity index (χ0v) is 11.8. The van der Waals surface area contributed by atoms with Crippen molar-refractivity contribution in [3.8, 4) is 0 Å². The SMILES string of the molecule is COC1C(O)[C@@H](CO)O[C@H]1n1cnc2c1N=CN(C)C2N. The topological polar surface area (TPSA) is 118 Å². The van der Waals surface area contributed by atoms with Crippen molar-refractivity contribution in [2.75, 3.05) is 20.8 Å². The van der Waals surface area contributed by atoms with Gasteiger partial charge in [-0.15, -0.1) is 0 Å². The Kier molecular flexibility index (Phi) is 3.68. The van der Waals surface area contributed by atoms with Gasteiger partial charge in [0.15, 0.2) is 12.0 Å². The molecule has 1 saturated heterocycles. The van der Waals surface area contributed by atoms with Gasteiger partial charge in [-0.1, -0.05) is 0 Å². The summed E-state index contributed by atoms with van der Waals surface area (Å²) in [6.07, 6.45) is -0.0854. The molecule has 1 aromatic heterocycles. The number of hydrogen-bond donors (Lipinski definition) is 3. The van der Waals surface area contributed by atoms with Crippen LogP contribution in [-0.2, 0) is 9.47 Å². The third-order valence-electron chi connectivity index (χ3n) is 3.92. The fraction of sp³-hybridized carbons (Fsp3) is 0.667. The smallest absolute Gasteiger partial charge is 0.166 e. The average Bonchev–Trinajstić information content (AvgIpc) is 3.03. The molecule has 5 atom stereocenters. The second-order valence-electron chi connectivity index (χ2n) is 5.15. The molecule has 1 aromatic rings. The number of imidazole rings is 1. The van der Waals surface area contributed by atoms with E-state index in [9.17, 15) is 10.2 Å². The largest absolute Gasteiger partial charge is 0.394 e. The van der Waals surface area contributed by atoms with Crippen molar-refractivity contribution in [3.05, 3.63) is 12.0 Å². The molecule has 2 aliphatic rings. The fourth-order valence-electron chi connectivity index (χ4n) is 2.66. The van der Waals surface area contributed by atoms with E-state index in [-0.39, 0.29) is 12.8 Å². The van der Waals surface area contributed by atoms with E-state index in [4.69, 9.17) is 15.2 Å². The number of hydrogen-bond acceptors (Lipinski definition) is 8. The Morgan fingerprint density at radius 3 is 2.95 bits per heavy atom. The Morgan fingerprint density at radius 1 is 1.52 bits per heavy atom. The van der Waals surface area contributed by atoms with Gasteiger partial charge in [-0.25, -0.2) is 9.98 Å². The minimum absolute atomic E-state index is 0.292. The molecule has 9 nitrogen and oxygen atoms in total. The van der Waals surface area contributed by atoms with Gasteiger partial charge in [0.25, 0.3) is 0 Å². The van der Waals surface area contributed by atoms with Crippen molar-refractivity contribution in [1.82, 2.24) is 14.5 Å². The Balaban J connectivity index is 1.96. The van der Waals surface area contributed by atoms with Crippen LogP contribution in [0.25, 0.3) is 0 Å². The number of nitrogens with two attached hydrogens (primary N) is 1. The number of aliphatic hydroxyl groups excluding tert-OH is 2. The third kappa shape index (κ3) is 2.14. The molecule has 0 aromatic carbocycles. The number of nitrogens with zero attached hydrogens (tertiary/aromatic N) is 4. The van der Waals surface area contributed by atoms with Gasteiger partial charge >= 0.3 is 0 Å². The van der Waals surface area contributed by atoms with Crippen molar-refractivity contribution in [1.29, 1.82) is 0 Å². The molecule has 0 amide bonds. The van der Waals surface area contributed by atoms with Crippen molar-refractivity contribution < 1.29 is 19.7 Å². The molecule has 0 bridgehead atoms. The lowest BCUT2D eigenvalue weighted by molar-refractivity contribution is -0.0593. The van der Waals surface area contributed by atoms with Crippen LogP contribution in [0.4, 0.5) is 5.82 Å². The van der Waals surface area contributed by atoms with Crippen LogP contribution in [0.2, 0.25) is 0 Å². The number of methoxy groups -OCH3 is 1. The van der Waals surface area contributed by atoms with Gasteiger partial charge in [0, 0.05) is 14.2 Å². The van der Waals surface area contributed by atoms with E-state index in [1.807, 2.05) is 7.05 Å².